The number of benzene rings is 3. The molecule has 150 valence electrons. The van der Waals surface area contributed by atoms with Crippen LogP contribution in [0.1, 0.15) is 12.0 Å². The number of nitrogens with one attached hydrogen (secondary N) is 1. The van der Waals surface area contributed by atoms with Gasteiger partial charge in [0.15, 0.2) is 0 Å². The smallest absolute Gasteiger partial charge is 0.234 e. The van der Waals surface area contributed by atoms with E-state index in [1.54, 1.807) is 0 Å². The van der Waals surface area contributed by atoms with Crippen molar-refractivity contribution in [1.82, 2.24) is 0 Å². The molecule has 0 saturated carbocycles. The fourth-order valence-corrected chi connectivity index (χ4v) is 3.89. The van der Waals surface area contributed by atoms with Gasteiger partial charge in [0.05, 0.1) is 33.6 Å². The molecule has 30 heavy (non-hydrogen) atoms. The second-order valence-electron chi connectivity index (χ2n) is 6.56. The largest absolute Gasteiger partial charge is 0.323 e. The summed E-state index contributed by atoms with van der Waals surface area (Å²) in [5.41, 5.74) is 3.55. The highest BCUT2D eigenvalue weighted by Crippen LogP contribution is 2.33. The maximum Gasteiger partial charge on any atom is 0.234 e. The number of carbonyl (C=O) groups is 1. The Hall–Kier alpha value is -2.96. The first-order valence-corrected chi connectivity index (χ1v) is 10.6. The van der Waals surface area contributed by atoms with Crippen LogP contribution >= 0.6 is 23.4 Å². The van der Waals surface area contributed by atoms with E-state index in [0.29, 0.717) is 6.42 Å². The number of hydrogen-bond acceptors (Lipinski definition) is 4. The second-order valence-corrected chi connectivity index (χ2v) is 8.04. The number of carbonyl (C=O) groups excluding carboxylic acids is 1. The number of para-hydroxylation sites is 2. The van der Waals surface area contributed by atoms with Crippen molar-refractivity contribution in [2.24, 2.45) is 9.98 Å². The third-order valence-corrected chi connectivity index (χ3v) is 5.59. The molecule has 0 spiro atoms. The molecule has 0 radical (unpaired) electrons. The highest BCUT2D eigenvalue weighted by molar-refractivity contribution is 8.14. The highest BCUT2D eigenvalue weighted by atomic mass is 35.5. The van der Waals surface area contributed by atoms with Gasteiger partial charge < -0.3 is 5.32 Å². The second kappa shape index (κ2) is 9.24. The van der Waals surface area contributed by atoms with Crippen LogP contribution < -0.4 is 5.32 Å². The lowest BCUT2D eigenvalue weighted by molar-refractivity contribution is -0.113. The summed E-state index contributed by atoms with van der Waals surface area (Å²) in [5.74, 6) is -0.787. The predicted molar refractivity (Wildman–Crippen MR) is 123 cm³/mol. The number of fused-ring (bicyclic) bond motifs is 1. The summed E-state index contributed by atoms with van der Waals surface area (Å²) in [7, 11) is 0. The Balaban J connectivity index is 1.51. The van der Waals surface area contributed by atoms with E-state index >= 15 is 0 Å². The molecule has 1 amide bonds. The fourth-order valence-electron chi connectivity index (χ4n) is 2.96. The average molecular weight is 438 g/mol. The molecule has 0 saturated heterocycles. The molecular formula is C23H17ClFN3OS. The van der Waals surface area contributed by atoms with Crippen LogP contribution in [-0.4, -0.2) is 22.4 Å². The number of aliphatic imine (C=N–C) groups is 2. The molecule has 4 rings (SSSR count). The highest BCUT2D eigenvalue weighted by Gasteiger charge is 2.17. The van der Waals surface area contributed by atoms with Crippen LogP contribution in [0.5, 0.6) is 0 Å². The van der Waals surface area contributed by atoms with Gasteiger partial charge in [0.2, 0.25) is 5.91 Å². The number of thioether (sulfide) groups is 1. The van der Waals surface area contributed by atoms with Gasteiger partial charge in [0.25, 0.3) is 0 Å². The lowest BCUT2D eigenvalue weighted by Gasteiger charge is -2.09. The molecule has 7 heteroatoms. The maximum absolute atomic E-state index is 13.9. The van der Waals surface area contributed by atoms with Crippen molar-refractivity contribution in [3.05, 3.63) is 89.2 Å². The summed E-state index contributed by atoms with van der Waals surface area (Å²) >= 11 is 7.07. The van der Waals surface area contributed by atoms with Crippen LogP contribution in [0.3, 0.4) is 0 Å². The number of anilines is 1. The van der Waals surface area contributed by atoms with Crippen molar-refractivity contribution in [3.63, 3.8) is 0 Å². The molecule has 4 nitrogen and oxygen atoms in total. The Morgan fingerprint density at radius 1 is 1.00 bits per heavy atom. The normalized spacial score (nSPS) is 13.0. The number of rotatable bonds is 4. The summed E-state index contributed by atoms with van der Waals surface area (Å²) < 4.78 is 13.9. The van der Waals surface area contributed by atoms with E-state index in [4.69, 9.17) is 21.6 Å². The van der Waals surface area contributed by atoms with Crippen molar-refractivity contribution >= 4 is 57.1 Å². The standard InChI is InChI=1S/C23H17ClFN3OS/c24-16-10-11-18(17(25)12-16)27-22(29)14-30-23-13-21(15-6-2-1-3-7-15)26-19-8-4-5-9-20(19)28-23/h1-12H,13-14H2,(H,27,29). The van der Waals surface area contributed by atoms with E-state index < -0.39 is 5.82 Å². The van der Waals surface area contributed by atoms with E-state index in [0.717, 1.165) is 27.7 Å². The van der Waals surface area contributed by atoms with E-state index in [-0.39, 0.29) is 22.4 Å². The molecule has 0 unspecified atom stereocenters. The van der Waals surface area contributed by atoms with Crippen LogP contribution in [0.4, 0.5) is 21.5 Å². The Morgan fingerprint density at radius 3 is 2.43 bits per heavy atom. The topological polar surface area (TPSA) is 53.8 Å². The summed E-state index contributed by atoms with van der Waals surface area (Å²) in [6, 6.07) is 21.7. The Labute approximate surface area is 182 Å². The number of nitrogens with zero attached hydrogens (tertiary/aromatic N) is 2. The third-order valence-electron chi connectivity index (χ3n) is 4.38. The molecule has 1 heterocycles. The molecule has 0 aliphatic carbocycles. The van der Waals surface area contributed by atoms with Gasteiger partial charge in [-0.15, -0.1) is 11.8 Å². The van der Waals surface area contributed by atoms with Gasteiger partial charge in [-0.05, 0) is 35.9 Å². The molecule has 1 N–H and O–H groups in total. The zero-order chi connectivity index (χ0) is 20.9. The van der Waals surface area contributed by atoms with Gasteiger partial charge in [-0.25, -0.2) is 9.38 Å². The van der Waals surface area contributed by atoms with Gasteiger partial charge in [0, 0.05) is 11.4 Å². The van der Waals surface area contributed by atoms with Crippen LogP contribution in [0, 0.1) is 5.82 Å². The van der Waals surface area contributed by atoms with Crippen molar-refractivity contribution < 1.29 is 9.18 Å². The molecular weight excluding hydrogens is 421 g/mol. The van der Waals surface area contributed by atoms with Gasteiger partial charge in [-0.1, -0.05) is 54.1 Å². The monoisotopic (exact) mass is 437 g/mol. The van der Waals surface area contributed by atoms with Gasteiger partial charge in [0.1, 0.15) is 5.82 Å². The molecule has 3 aromatic carbocycles. The third kappa shape index (κ3) is 4.96. The number of halogens is 2. The Morgan fingerprint density at radius 2 is 1.70 bits per heavy atom. The first-order valence-electron chi connectivity index (χ1n) is 9.26. The first-order chi connectivity index (χ1) is 14.6. The minimum absolute atomic E-state index is 0.102. The summed E-state index contributed by atoms with van der Waals surface area (Å²) in [5, 5.41) is 3.63. The molecule has 0 aromatic heterocycles. The van der Waals surface area contributed by atoms with E-state index in [9.17, 15) is 9.18 Å². The SMILES string of the molecule is O=C(CSC1=Nc2ccccc2N=C(c2ccccc2)C1)Nc1ccc(Cl)cc1F. The molecule has 1 aliphatic heterocycles. The van der Waals surface area contributed by atoms with Gasteiger partial charge in [-0.2, -0.15) is 0 Å². The first kappa shape index (κ1) is 20.3. The quantitative estimate of drug-likeness (QED) is 0.513. The van der Waals surface area contributed by atoms with Crippen LogP contribution in [-0.2, 0) is 4.79 Å². The zero-order valence-electron chi connectivity index (χ0n) is 15.8. The Kier molecular flexibility index (Phi) is 6.26. The molecule has 3 aromatic rings. The molecule has 0 atom stereocenters. The van der Waals surface area contributed by atoms with Crippen LogP contribution in [0.25, 0.3) is 0 Å². The summed E-state index contributed by atoms with van der Waals surface area (Å²) in [6.07, 6.45) is 0.506. The van der Waals surface area contributed by atoms with E-state index in [1.165, 1.54) is 30.0 Å². The predicted octanol–water partition coefficient (Wildman–Crippen LogP) is 6.41. The number of amides is 1. The summed E-state index contributed by atoms with van der Waals surface area (Å²) in [6.45, 7) is 0. The Bertz CT molecular complexity index is 1150. The van der Waals surface area contributed by atoms with Crippen molar-refractivity contribution in [1.29, 1.82) is 0 Å². The van der Waals surface area contributed by atoms with Gasteiger partial charge in [-0.3, -0.25) is 9.79 Å². The van der Waals surface area contributed by atoms with E-state index in [1.807, 2.05) is 54.6 Å². The van der Waals surface area contributed by atoms with E-state index in [2.05, 4.69) is 5.32 Å². The van der Waals surface area contributed by atoms with Crippen molar-refractivity contribution in [2.45, 2.75) is 6.42 Å². The maximum atomic E-state index is 13.9. The van der Waals surface area contributed by atoms with Crippen LogP contribution in [0.15, 0.2) is 82.8 Å². The van der Waals surface area contributed by atoms with Crippen molar-refractivity contribution in [3.8, 4) is 0 Å². The minimum Gasteiger partial charge on any atom is -0.323 e. The average Bonchev–Trinajstić information content (AvgIpc) is 2.94. The lowest BCUT2D eigenvalue weighted by atomic mass is 10.1. The van der Waals surface area contributed by atoms with Gasteiger partial charge >= 0.3 is 0 Å². The lowest BCUT2D eigenvalue weighted by Crippen LogP contribution is -2.17. The molecule has 1 aliphatic rings. The van der Waals surface area contributed by atoms with Crippen LogP contribution in [0.2, 0.25) is 5.02 Å². The minimum atomic E-state index is -0.569. The molecule has 0 fully saturated rings. The fraction of sp³-hybridized carbons (Fsp3) is 0.0870. The molecule has 0 bridgehead atoms. The summed E-state index contributed by atoms with van der Waals surface area (Å²) in [4.78, 5) is 21.9. The zero-order valence-corrected chi connectivity index (χ0v) is 17.4. The number of hydrogen-bond donors (Lipinski definition) is 1. The van der Waals surface area contributed by atoms with Crippen molar-refractivity contribution in [2.75, 3.05) is 11.1 Å².